The Morgan fingerprint density at radius 1 is 0.980 bits per heavy atom. The van der Waals surface area contributed by atoms with Crippen molar-refractivity contribution < 1.29 is 28.1 Å². The van der Waals surface area contributed by atoms with Crippen LogP contribution in [0.15, 0.2) is 75.4 Å². The first-order valence-electron chi connectivity index (χ1n) is 15.6. The summed E-state index contributed by atoms with van der Waals surface area (Å²) in [5.74, 6) is -1.01. The number of nitrogens with zero attached hydrogens (tertiary/aromatic N) is 4. The van der Waals surface area contributed by atoms with Gasteiger partial charge in [0.15, 0.2) is 23.1 Å². The van der Waals surface area contributed by atoms with Gasteiger partial charge in [-0.05, 0) is 74.8 Å². The lowest BCUT2D eigenvalue weighted by Crippen LogP contribution is -2.31. The minimum absolute atomic E-state index is 0.000539. The van der Waals surface area contributed by atoms with Gasteiger partial charge >= 0.3 is 5.69 Å². The highest BCUT2D eigenvalue weighted by atomic mass is 35.5. The number of aromatic hydroxyl groups is 1. The fourth-order valence-electron chi connectivity index (χ4n) is 5.57. The van der Waals surface area contributed by atoms with Crippen LogP contribution in [0.4, 0.5) is 14.5 Å². The highest BCUT2D eigenvalue weighted by Crippen LogP contribution is 2.38. The zero-order valence-corrected chi connectivity index (χ0v) is 27.2. The molecule has 0 aliphatic carbocycles. The van der Waals surface area contributed by atoms with Gasteiger partial charge in [-0.15, -0.1) is 0 Å². The fourth-order valence-corrected chi connectivity index (χ4v) is 5.75. The van der Waals surface area contributed by atoms with E-state index in [1.54, 1.807) is 24.4 Å². The minimum atomic E-state index is -0.983. The van der Waals surface area contributed by atoms with Crippen LogP contribution < -0.4 is 25.5 Å². The molecular weight excluding hydrogens is 660 g/mol. The third-order valence-electron chi connectivity index (χ3n) is 8.07. The molecule has 2 N–H and O–H groups in total. The summed E-state index contributed by atoms with van der Waals surface area (Å²) in [5.41, 5.74) is -1.68. The summed E-state index contributed by atoms with van der Waals surface area (Å²) in [6, 6.07) is 12.3. The van der Waals surface area contributed by atoms with E-state index < -0.39 is 34.3 Å². The Balaban J connectivity index is 1.19. The quantitative estimate of drug-likeness (QED) is 0.118. The van der Waals surface area contributed by atoms with Crippen LogP contribution in [0.2, 0.25) is 5.02 Å². The van der Waals surface area contributed by atoms with Gasteiger partial charge in [0.2, 0.25) is 5.88 Å². The molecule has 1 aliphatic heterocycles. The van der Waals surface area contributed by atoms with Gasteiger partial charge in [0.25, 0.3) is 5.56 Å². The molecule has 254 valence electrons. The lowest BCUT2D eigenvalue weighted by molar-refractivity contribution is 0.203. The van der Waals surface area contributed by atoms with Crippen molar-refractivity contribution in [2.75, 3.05) is 33.4 Å². The number of pyridine rings is 1. The van der Waals surface area contributed by atoms with Gasteiger partial charge in [0.05, 0.1) is 35.6 Å². The Hall–Kier alpha value is -5.27. The number of benzene rings is 3. The largest absolute Gasteiger partial charge is 0.493 e. The Morgan fingerprint density at radius 3 is 2.55 bits per heavy atom. The molecule has 0 amide bonds. The second kappa shape index (κ2) is 14.9. The molecular formula is C35H32ClF2N5O6. The lowest BCUT2D eigenvalue weighted by atomic mass is 10.1. The van der Waals surface area contributed by atoms with E-state index in [0.717, 1.165) is 55.0 Å². The number of halogens is 3. The van der Waals surface area contributed by atoms with Gasteiger partial charge in [0, 0.05) is 36.5 Å². The van der Waals surface area contributed by atoms with Crippen molar-refractivity contribution in [2.45, 2.75) is 25.7 Å². The van der Waals surface area contributed by atoms with Crippen molar-refractivity contribution in [3.05, 3.63) is 104 Å². The number of aromatic nitrogens is 3. The number of aromatic amines is 1. The van der Waals surface area contributed by atoms with Crippen LogP contribution >= 0.6 is 11.6 Å². The number of methoxy groups -OCH3 is 1. The summed E-state index contributed by atoms with van der Waals surface area (Å²) in [6.07, 6.45) is 7.17. The molecule has 0 saturated carbocycles. The van der Waals surface area contributed by atoms with E-state index in [2.05, 4.69) is 19.9 Å². The molecule has 11 nitrogen and oxygen atoms in total. The number of hydrogen-bond donors (Lipinski definition) is 2. The third kappa shape index (κ3) is 7.58. The zero-order chi connectivity index (χ0) is 34.5. The van der Waals surface area contributed by atoms with E-state index in [1.807, 2.05) is 0 Å². The minimum Gasteiger partial charge on any atom is -0.493 e. The zero-order valence-electron chi connectivity index (χ0n) is 26.4. The van der Waals surface area contributed by atoms with Gasteiger partial charge in [-0.1, -0.05) is 18.0 Å². The first-order chi connectivity index (χ1) is 23.7. The molecule has 6 rings (SSSR count). The number of fused-ring (bicyclic) bond motifs is 1. The van der Waals surface area contributed by atoms with Crippen LogP contribution in [0.25, 0.3) is 16.6 Å². The van der Waals surface area contributed by atoms with E-state index >= 15 is 4.39 Å². The van der Waals surface area contributed by atoms with Gasteiger partial charge in [-0.3, -0.25) is 19.8 Å². The summed E-state index contributed by atoms with van der Waals surface area (Å²) < 4.78 is 47.2. The Morgan fingerprint density at radius 2 is 1.80 bits per heavy atom. The number of aliphatic imine (C=N–C) groups is 1. The number of ether oxygens (including phenoxy) is 3. The molecule has 1 saturated heterocycles. The summed E-state index contributed by atoms with van der Waals surface area (Å²) in [6.45, 7) is 3.75. The predicted molar refractivity (Wildman–Crippen MR) is 182 cm³/mol. The molecule has 14 heteroatoms. The van der Waals surface area contributed by atoms with Gasteiger partial charge < -0.3 is 24.2 Å². The van der Waals surface area contributed by atoms with Crippen LogP contribution in [0.5, 0.6) is 28.9 Å². The van der Waals surface area contributed by atoms with Crippen molar-refractivity contribution in [3.8, 4) is 34.6 Å². The van der Waals surface area contributed by atoms with Crippen LogP contribution in [-0.4, -0.2) is 64.1 Å². The maximum atomic E-state index is 15.3. The Kier molecular flexibility index (Phi) is 10.2. The summed E-state index contributed by atoms with van der Waals surface area (Å²) >= 11 is 5.82. The predicted octanol–water partition coefficient (Wildman–Crippen LogP) is 6.52. The number of hydrogen-bond acceptors (Lipinski definition) is 9. The van der Waals surface area contributed by atoms with Crippen LogP contribution in [-0.2, 0) is 0 Å². The number of piperidine rings is 1. The maximum absolute atomic E-state index is 15.3. The number of H-pyrrole nitrogens is 1. The van der Waals surface area contributed by atoms with E-state index in [9.17, 15) is 19.1 Å². The monoisotopic (exact) mass is 691 g/mol. The first-order valence-corrected chi connectivity index (χ1v) is 16.0. The third-order valence-corrected chi connectivity index (χ3v) is 8.36. The molecule has 49 heavy (non-hydrogen) atoms. The lowest BCUT2D eigenvalue weighted by Gasteiger charge is -2.26. The normalized spacial score (nSPS) is 13.6. The maximum Gasteiger partial charge on any atom is 0.335 e. The topological polar surface area (TPSA) is 131 Å². The smallest absolute Gasteiger partial charge is 0.335 e. The highest BCUT2D eigenvalue weighted by molar-refractivity contribution is 6.30. The Bertz CT molecular complexity index is 2150. The summed E-state index contributed by atoms with van der Waals surface area (Å²) in [7, 11) is 1.54. The SMILES string of the molecule is COc1cc2c(Oc3ccc(N=Cc4c(O)n(-c5ccc(F)c(Cl)c5)c(=O)[nH]c4=O)cc3F)ccnc2cc1OCCCN1CCCCC1. The van der Waals surface area contributed by atoms with Crippen molar-refractivity contribution in [1.29, 1.82) is 0 Å². The molecule has 0 unspecified atom stereocenters. The van der Waals surface area contributed by atoms with Gasteiger partial charge in [-0.25, -0.2) is 18.1 Å². The van der Waals surface area contributed by atoms with E-state index in [-0.39, 0.29) is 22.1 Å². The van der Waals surface area contributed by atoms with Gasteiger partial charge in [0.1, 0.15) is 17.1 Å². The standard InChI is InChI=1S/C35H32ClF2N5O6/c1-47-31-18-23-28(19-32(31)48-15-5-14-42-12-3-2-4-13-42)39-11-10-29(23)49-30-9-6-21(16-27(30)38)40-20-24-33(44)41-35(46)43(34(24)45)22-7-8-26(37)25(36)17-22/h6-11,16-20,45H,2-5,12-15H2,1H3,(H,41,44,46). The number of rotatable bonds is 11. The number of likely N-dealkylation sites (tertiary alicyclic amines) is 1. The molecule has 5 aromatic rings. The van der Waals surface area contributed by atoms with Crippen LogP contribution in [0, 0.1) is 11.6 Å². The van der Waals surface area contributed by atoms with Crippen molar-refractivity contribution in [2.24, 2.45) is 4.99 Å². The molecule has 0 radical (unpaired) electrons. The first kappa shape index (κ1) is 33.6. The second-order valence-corrected chi connectivity index (χ2v) is 11.7. The average molecular weight is 692 g/mol. The average Bonchev–Trinajstić information content (AvgIpc) is 3.09. The summed E-state index contributed by atoms with van der Waals surface area (Å²) in [5, 5.41) is 11.0. The van der Waals surface area contributed by atoms with Crippen LogP contribution in [0.1, 0.15) is 31.2 Å². The van der Waals surface area contributed by atoms with Gasteiger partial charge in [-0.2, -0.15) is 0 Å². The molecule has 1 fully saturated rings. The van der Waals surface area contributed by atoms with Crippen LogP contribution in [0.3, 0.4) is 0 Å². The number of nitrogens with one attached hydrogen (secondary N) is 1. The van der Waals surface area contributed by atoms with E-state index in [4.69, 9.17) is 25.8 Å². The van der Waals surface area contributed by atoms with Crippen molar-refractivity contribution in [1.82, 2.24) is 19.4 Å². The summed E-state index contributed by atoms with van der Waals surface area (Å²) in [4.78, 5) is 38.0. The van der Waals surface area contributed by atoms with E-state index in [0.29, 0.717) is 34.8 Å². The molecule has 3 heterocycles. The molecule has 1 aliphatic rings. The van der Waals surface area contributed by atoms with Crippen molar-refractivity contribution >= 4 is 34.4 Å². The second-order valence-electron chi connectivity index (χ2n) is 11.3. The molecule has 0 atom stereocenters. The molecule has 0 bridgehead atoms. The fraction of sp³-hybridized carbons (Fsp3) is 0.257. The molecule has 3 aromatic carbocycles. The Labute approximate surface area is 284 Å². The molecule has 2 aromatic heterocycles. The van der Waals surface area contributed by atoms with E-state index in [1.165, 1.54) is 44.6 Å². The highest BCUT2D eigenvalue weighted by Gasteiger charge is 2.17. The molecule has 0 spiro atoms. The van der Waals surface area contributed by atoms with Crippen molar-refractivity contribution in [3.63, 3.8) is 0 Å².